The van der Waals surface area contributed by atoms with Gasteiger partial charge in [0.2, 0.25) is 27.7 Å². The molecule has 0 bridgehead atoms. The summed E-state index contributed by atoms with van der Waals surface area (Å²) in [5, 5.41) is 7.73. The summed E-state index contributed by atoms with van der Waals surface area (Å²) in [4.78, 5) is 16.7. The molecule has 3 heterocycles. The highest BCUT2D eigenvalue weighted by molar-refractivity contribution is 7.93. The normalized spacial score (nSPS) is 15.6. The molecule has 0 aliphatic heterocycles. The van der Waals surface area contributed by atoms with Crippen LogP contribution in [0.3, 0.4) is 0 Å². The Morgan fingerprint density at radius 2 is 1.76 bits per heavy atom. The summed E-state index contributed by atoms with van der Waals surface area (Å²) in [6, 6.07) is 0. The van der Waals surface area contributed by atoms with Crippen LogP contribution < -0.4 is 14.2 Å². The van der Waals surface area contributed by atoms with E-state index in [-0.39, 0.29) is 29.5 Å². The molecule has 200 valence electrons. The number of rotatable bonds is 12. The Bertz CT molecular complexity index is 1290. The average Bonchev–Trinajstić information content (AvgIpc) is 3.24. The number of methoxy groups -OCH3 is 2. The van der Waals surface area contributed by atoms with E-state index in [1.165, 1.54) is 39.9 Å². The molecule has 2 atom stereocenters. The van der Waals surface area contributed by atoms with Crippen LogP contribution in [-0.2, 0) is 14.8 Å². The Kier molecular flexibility index (Phi) is 8.39. The zero-order chi connectivity index (χ0) is 26.6. The van der Waals surface area contributed by atoms with E-state index >= 15 is 0 Å². The summed E-state index contributed by atoms with van der Waals surface area (Å²) in [5.74, 6) is 1.15. The SMILES string of the molecule is CCCO[C@@H](c1ncc(Cl)cn1)[C@H](C)S(=O)(=O)Nc1nnc(C2CCC2)n1-c1c(OC)ncnc1OC. The van der Waals surface area contributed by atoms with Crippen molar-refractivity contribution in [1.82, 2.24) is 34.7 Å². The molecule has 15 heteroatoms. The van der Waals surface area contributed by atoms with Crippen LogP contribution >= 0.6 is 11.6 Å². The van der Waals surface area contributed by atoms with Crippen LogP contribution in [-0.4, -0.2) is 69.2 Å². The largest absolute Gasteiger partial charge is 0.479 e. The van der Waals surface area contributed by atoms with E-state index in [2.05, 4.69) is 34.9 Å². The van der Waals surface area contributed by atoms with Crippen LogP contribution in [0.4, 0.5) is 5.95 Å². The van der Waals surface area contributed by atoms with Gasteiger partial charge in [-0.1, -0.05) is 24.9 Å². The Morgan fingerprint density at radius 3 is 2.30 bits per heavy atom. The van der Waals surface area contributed by atoms with Gasteiger partial charge in [-0.25, -0.2) is 18.4 Å². The molecule has 37 heavy (non-hydrogen) atoms. The molecule has 0 saturated heterocycles. The first-order valence-electron chi connectivity index (χ1n) is 11.8. The van der Waals surface area contributed by atoms with E-state index in [9.17, 15) is 8.42 Å². The summed E-state index contributed by atoms with van der Waals surface area (Å²) < 4.78 is 48.2. The van der Waals surface area contributed by atoms with E-state index in [1.54, 1.807) is 4.57 Å². The van der Waals surface area contributed by atoms with Crippen LogP contribution in [0.25, 0.3) is 5.69 Å². The van der Waals surface area contributed by atoms with E-state index in [0.717, 1.165) is 19.3 Å². The van der Waals surface area contributed by atoms with Crippen molar-refractivity contribution >= 4 is 27.6 Å². The zero-order valence-electron chi connectivity index (χ0n) is 21.0. The van der Waals surface area contributed by atoms with Gasteiger partial charge < -0.3 is 14.2 Å². The predicted molar refractivity (Wildman–Crippen MR) is 135 cm³/mol. The van der Waals surface area contributed by atoms with Gasteiger partial charge >= 0.3 is 0 Å². The van der Waals surface area contributed by atoms with E-state index in [0.29, 0.717) is 29.6 Å². The summed E-state index contributed by atoms with van der Waals surface area (Å²) in [6.07, 6.45) is 6.62. The molecule has 0 aromatic carbocycles. The minimum absolute atomic E-state index is 0.0496. The molecule has 3 aromatic rings. The number of aromatic nitrogens is 7. The molecule has 1 fully saturated rings. The van der Waals surface area contributed by atoms with E-state index in [4.69, 9.17) is 25.8 Å². The third kappa shape index (κ3) is 5.60. The average molecular weight is 553 g/mol. The highest BCUT2D eigenvalue weighted by Crippen LogP contribution is 2.40. The Labute approximate surface area is 220 Å². The maximum atomic E-state index is 13.7. The molecular weight excluding hydrogens is 524 g/mol. The van der Waals surface area contributed by atoms with Crippen LogP contribution in [0.2, 0.25) is 5.02 Å². The molecule has 0 spiro atoms. The maximum Gasteiger partial charge on any atom is 0.245 e. The minimum Gasteiger partial charge on any atom is -0.479 e. The molecule has 3 aromatic heterocycles. The molecule has 1 aliphatic carbocycles. The highest BCUT2D eigenvalue weighted by atomic mass is 35.5. The van der Waals surface area contributed by atoms with Gasteiger partial charge in [-0.15, -0.1) is 10.2 Å². The molecule has 0 unspecified atom stereocenters. The van der Waals surface area contributed by atoms with Gasteiger partial charge in [-0.2, -0.15) is 9.97 Å². The number of hydrogen-bond acceptors (Lipinski definition) is 11. The fourth-order valence-corrected chi connectivity index (χ4v) is 5.06. The van der Waals surface area contributed by atoms with Gasteiger partial charge in [0, 0.05) is 24.9 Å². The third-order valence-electron chi connectivity index (χ3n) is 6.07. The standard InChI is InChI=1S/C22H29ClN8O5S/c1-5-9-36-17(18-24-10-15(23)11-25-18)13(2)37(32,33)30-22-29-28-19(14-7-6-8-14)31(22)16-20(34-3)26-12-27-21(16)35-4/h10-14,17H,5-9H2,1-4H3,(H,29,30)/t13-,17+/m0/s1. The van der Waals surface area contributed by atoms with E-state index in [1.807, 2.05) is 6.92 Å². The van der Waals surface area contributed by atoms with Crippen molar-refractivity contribution in [2.24, 2.45) is 0 Å². The quantitative estimate of drug-likeness (QED) is 0.352. The van der Waals surface area contributed by atoms with Gasteiger partial charge in [0.05, 0.1) is 19.2 Å². The van der Waals surface area contributed by atoms with Crippen molar-refractivity contribution in [3.63, 3.8) is 0 Å². The molecule has 0 amide bonds. The lowest BCUT2D eigenvalue weighted by Crippen LogP contribution is -2.34. The summed E-state index contributed by atoms with van der Waals surface area (Å²) in [5.41, 5.74) is 0.296. The van der Waals surface area contributed by atoms with Gasteiger partial charge in [-0.3, -0.25) is 9.29 Å². The van der Waals surface area contributed by atoms with Crippen molar-refractivity contribution in [2.45, 2.75) is 56.8 Å². The fourth-order valence-electron chi connectivity index (χ4n) is 3.87. The third-order valence-corrected chi connectivity index (χ3v) is 7.96. The first-order valence-corrected chi connectivity index (χ1v) is 13.7. The van der Waals surface area contributed by atoms with Crippen LogP contribution in [0.5, 0.6) is 11.8 Å². The second-order valence-electron chi connectivity index (χ2n) is 8.49. The maximum absolute atomic E-state index is 13.7. The van der Waals surface area contributed by atoms with Crippen LogP contribution in [0.1, 0.15) is 63.2 Å². The van der Waals surface area contributed by atoms with Crippen molar-refractivity contribution in [3.05, 3.63) is 35.4 Å². The Morgan fingerprint density at radius 1 is 1.11 bits per heavy atom. The number of hydrogen-bond donors (Lipinski definition) is 1. The first kappa shape index (κ1) is 26.9. The number of halogens is 1. The number of nitrogens with one attached hydrogen (secondary N) is 1. The molecule has 1 aliphatic rings. The van der Waals surface area contributed by atoms with Gasteiger partial charge in [0.1, 0.15) is 23.5 Å². The zero-order valence-corrected chi connectivity index (χ0v) is 22.5. The van der Waals surface area contributed by atoms with Crippen LogP contribution in [0, 0.1) is 0 Å². The van der Waals surface area contributed by atoms with Crippen molar-refractivity contribution < 1.29 is 22.6 Å². The molecular formula is C22H29ClN8O5S. The van der Waals surface area contributed by atoms with E-state index < -0.39 is 21.4 Å². The van der Waals surface area contributed by atoms with Gasteiger partial charge in [-0.05, 0) is 26.2 Å². The number of anilines is 1. The monoisotopic (exact) mass is 552 g/mol. The number of ether oxygens (including phenoxy) is 3. The highest BCUT2D eigenvalue weighted by Gasteiger charge is 2.37. The summed E-state index contributed by atoms with van der Waals surface area (Å²) >= 11 is 5.92. The first-order chi connectivity index (χ1) is 17.8. The topological polar surface area (TPSA) is 156 Å². The molecule has 1 saturated carbocycles. The van der Waals surface area contributed by atoms with Crippen molar-refractivity contribution in [2.75, 3.05) is 25.5 Å². The molecule has 13 nitrogen and oxygen atoms in total. The number of sulfonamides is 1. The lowest BCUT2D eigenvalue weighted by atomic mass is 9.85. The molecule has 0 radical (unpaired) electrons. The van der Waals surface area contributed by atoms with Crippen LogP contribution in [0.15, 0.2) is 18.7 Å². The van der Waals surface area contributed by atoms with Crippen molar-refractivity contribution in [1.29, 1.82) is 0 Å². The molecule has 4 rings (SSSR count). The van der Waals surface area contributed by atoms with Crippen molar-refractivity contribution in [3.8, 4) is 17.4 Å². The Hall–Kier alpha value is -3.10. The number of nitrogens with zero attached hydrogens (tertiary/aromatic N) is 7. The predicted octanol–water partition coefficient (Wildman–Crippen LogP) is 3.08. The fraction of sp³-hybridized carbons (Fsp3) is 0.545. The second kappa shape index (κ2) is 11.5. The lowest BCUT2D eigenvalue weighted by Gasteiger charge is -2.26. The van der Waals surface area contributed by atoms with Gasteiger partial charge in [0.15, 0.2) is 11.5 Å². The minimum atomic E-state index is -4.11. The lowest BCUT2D eigenvalue weighted by molar-refractivity contribution is 0.0466. The van der Waals surface area contributed by atoms with Gasteiger partial charge in [0.25, 0.3) is 0 Å². The molecule has 1 N–H and O–H groups in total. The Balaban J connectivity index is 1.75. The summed E-state index contributed by atoms with van der Waals surface area (Å²) in [6.45, 7) is 3.75. The smallest absolute Gasteiger partial charge is 0.245 e. The second-order valence-corrected chi connectivity index (χ2v) is 11.0. The summed E-state index contributed by atoms with van der Waals surface area (Å²) in [7, 11) is -1.20.